The Morgan fingerprint density at radius 3 is 2.87 bits per heavy atom. The zero-order valence-electron chi connectivity index (χ0n) is 13.1. The maximum absolute atomic E-state index is 11.6. The van der Waals surface area contributed by atoms with Gasteiger partial charge < -0.3 is 5.32 Å². The molecule has 1 aromatic carbocycles. The van der Waals surface area contributed by atoms with Crippen LogP contribution in [0, 0.1) is 11.3 Å². The van der Waals surface area contributed by atoms with Crippen molar-refractivity contribution in [3.05, 3.63) is 35.9 Å². The number of hydrogen-bond acceptors (Lipinski definition) is 6. The maximum Gasteiger partial charge on any atom is 0.205 e. The molecule has 122 valence electrons. The minimum absolute atomic E-state index is 0.00797. The number of carbonyl (C=O) groups excluding carboxylic acids is 1. The summed E-state index contributed by atoms with van der Waals surface area (Å²) in [5.74, 6) is 0.910. The molecule has 6 heteroatoms. The molecule has 0 spiro atoms. The molecule has 1 aliphatic heterocycles. The monoisotopic (exact) mass is 364 g/mol. The van der Waals surface area contributed by atoms with E-state index in [1.54, 1.807) is 0 Å². The standard InChI is InChI=1S/C17H20N2OS3/c1-17(12-18,23-16(21)13-6-3-2-4-7-13)9-5-10-19-14-8-11-22-15(14)20/h2-4,6-7,14,19H,5,8-11H2,1H3. The molecule has 1 aliphatic rings. The highest BCUT2D eigenvalue weighted by molar-refractivity contribution is 8.24. The molecule has 0 amide bonds. The first-order chi connectivity index (χ1) is 11.0. The molecule has 0 radical (unpaired) electrons. The van der Waals surface area contributed by atoms with Gasteiger partial charge in [0.05, 0.1) is 16.3 Å². The van der Waals surface area contributed by atoms with Crippen molar-refractivity contribution < 1.29 is 4.79 Å². The molecule has 0 bridgehead atoms. The minimum atomic E-state index is -0.539. The summed E-state index contributed by atoms with van der Waals surface area (Å²) in [6.45, 7) is 2.69. The molecule has 1 saturated heterocycles. The average Bonchev–Trinajstić information content (AvgIpc) is 2.97. The van der Waals surface area contributed by atoms with Gasteiger partial charge in [-0.1, -0.05) is 66.1 Å². The number of thiocarbonyl (C=S) groups is 1. The number of hydrogen-bond donors (Lipinski definition) is 1. The SMILES string of the molecule is CC(C#N)(CCCNC1CCSC1=O)SC(=S)c1ccccc1. The molecular formula is C17H20N2OS3. The van der Waals surface area contributed by atoms with Crippen LogP contribution in [0.15, 0.2) is 30.3 Å². The second kappa shape index (κ2) is 8.84. The fraction of sp³-hybridized carbons (Fsp3) is 0.471. The van der Waals surface area contributed by atoms with E-state index in [9.17, 15) is 10.1 Å². The lowest BCUT2D eigenvalue weighted by Crippen LogP contribution is -2.33. The van der Waals surface area contributed by atoms with Gasteiger partial charge in [-0.05, 0) is 38.3 Å². The second-order valence-corrected chi connectivity index (χ2v) is 8.94. The Hall–Kier alpha value is -0.870. The van der Waals surface area contributed by atoms with Gasteiger partial charge in [-0.15, -0.1) is 0 Å². The van der Waals surface area contributed by atoms with E-state index < -0.39 is 4.75 Å². The summed E-state index contributed by atoms with van der Waals surface area (Å²) in [6, 6.07) is 12.2. The molecule has 0 saturated carbocycles. The van der Waals surface area contributed by atoms with E-state index in [1.165, 1.54) is 23.5 Å². The first-order valence-corrected chi connectivity index (χ1v) is 9.85. The Balaban J connectivity index is 1.80. The lowest BCUT2D eigenvalue weighted by atomic mass is 10.1. The minimum Gasteiger partial charge on any atom is -0.307 e. The zero-order valence-corrected chi connectivity index (χ0v) is 15.5. The first-order valence-electron chi connectivity index (χ1n) is 7.64. The summed E-state index contributed by atoms with van der Waals surface area (Å²) in [6.07, 6.45) is 2.50. The van der Waals surface area contributed by atoms with Crippen molar-refractivity contribution >= 4 is 45.1 Å². The van der Waals surface area contributed by atoms with E-state index in [-0.39, 0.29) is 11.2 Å². The smallest absolute Gasteiger partial charge is 0.205 e. The van der Waals surface area contributed by atoms with E-state index >= 15 is 0 Å². The number of thioether (sulfide) groups is 2. The van der Waals surface area contributed by atoms with Crippen molar-refractivity contribution in [2.75, 3.05) is 12.3 Å². The van der Waals surface area contributed by atoms with Crippen molar-refractivity contribution in [1.82, 2.24) is 5.32 Å². The van der Waals surface area contributed by atoms with Gasteiger partial charge in [0.1, 0.15) is 4.75 Å². The quantitative estimate of drug-likeness (QED) is 0.587. The van der Waals surface area contributed by atoms with E-state index in [1.807, 2.05) is 37.3 Å². The van der Waals surface area contributed by atoms with Gasteiger partial charge in [0.2, 0.25) is 5.12 Å². The average molecular weight is 365 g/mol. The van der Waals surface area contributed by atoms with Crippen LogP contribution in [0.1, 0.15) is 31.7 Å². The van der Waals surface area contributed by atoms with Gasteiger partial charge in [-0.3, -0.25) is 4.79 Å². The number of nitrogens with one attached hydrogen (secondary N) is 1. The van der Waals surface area contributed by atoms with Gasteiger partial charge >= 0.3 is 0 Å². The summed E-state index contributed by atoms with van der Waals surface area (Å²) in [4.78, 5) is 11.6. The normalized spacial score (nSPS) is 20.0. The van der Waals surface area contributed by atoms with Crippen molar-refractivity contribution in [2.45, 2.75) is 37.0 Å². The maximum atomic E-state index is 11.6. The van der Waals surface area contributed by atoms with Crippen LogP contribution in [0.3, 0.4) is 0 Å². The highest BCUT2D eigenvalue weighted by Crippen LogP contribution is 2.33. The molecular weight excluding hydrogens is 344 g/mol. The molecule has 1 fully saturated rings. The van der Waals surface area contributed by atoms with E-state index in [4.69, 9.17) is 12.2 Å². The highest BCUT2D eigenvalue weighted by atomic mass is 32.2. The molecule has 2 atom stereocenters. The lowest BCUT2D eigenvalue weighted by Gasteiger charge is -2.21. The van der Waals surface area contributed by atoms with Crippen molar-refractivity contribution in [1.29, 1.82) is 5.26 Å². The predicted molar refractivity (Wildman–Crippen MR) is 103 cm³/mol. The molecule has 1 aromatic rings. The van der Waals surface area contributed by atoms with Gasteiger partial charge in [0.25, 0.3) is 0 Å². The van der Waals surface area contributed by atoms with Gasteiger partial charge in [-0.25, -0.2) is 0 Å². The van der Waals surface area contributed by atoms with Crippen LogP contribution >= 0.6 is 35.7 Å². The molecule has 1 heterocycles. The van der Waals surface area contributed by atoms with Crippen LogP contribution in [-0.4, -0.2) is 32.4 Å². The highest BCUT2D eigenvalue weighted by Gasteiger charge is 2.28. The number of nitriles is 1. The molecule has 1 N–H and O–H groups in total. The van der Waals surface area contributed by atoms with Crippen LogP contribution in [0.4, 0.5) is 0 Å². The topological polar surface area (TPSA) is 52.9 Å². The van der Waals surface area contributed by atoms with E-state index in [2.05, 4.69) is 11.4 Å². The number of benzene rings is 1. The van der Waals surface area contributed by atoms with Crippen molar-refractivity contribution in [3.8, 4) is 6.07 Å². The number of nitrogens with zero attached hydrogens (tertiary/aromatic N) is 1. The summed E-state index contributed by atoms with van der Waals surface area (Å²) in [7, 11) is 0. The Labute approximate surface area is 151 Å². The van der Waals surface area contributed by atoms with Crippen LogP contribution < -0.4 is 5.32 Å². The summed E-state index contributed by atoms with van der Waals surface area (Å²) < 4.78 is 0.216. The van der Waals surface area contributed by atoms with Gasteiger partial charge in [0.15, 0.2) is 0 Å². The second-order valence-electron chi connectivity index (χ2n) is 5.66. The summed E-state index contributed by atoms with van der Waals surface area (Å²) in [5, 5.41) is 13.1. The fourth-order valence-electron chi connectivity index (χ4n) is 2.35. The molecule has 23 heavy (non-hydrogen) atoms. The Kier molecular flexibility index (Phi) is 7.09. The van der Waals surface area contributed by atoms with Crippen molar-refractivity contribution in [3.63, 3.8) is 0 Å². The molecule has 0 aliphatic carbocycles. The molecule has 0 aromatic heterocycles. The van der Waals surface area contributed by atoms with E-state index in [0.29, 0.717) is 0 Å². The Morgan fingerprint density at radius 2 is 2.26 bits per heavy atom. The largest absolute Gasteiger partial charge is 0.307 e. The summed E-state index contributed by atoms with van der Waals surface area (Å²) >= 11 is 8.32. The molecule has 2 rings (SSSR count). The van der Waals surface area contributed by atoms with Crippen LogP contribution in [0.25, 0.3) is 0 Å². The molecule has 2 unspecified atom stereocenters. The third kappa shape index (κ3) is 5.61. The summed E-state index contributed by atoms with van der Waals surface area (Å²) in [5.41, 5.74) is 0.987. The molecule has 3 nitrogen and oxygen atoms in total. The predicted octanol–water partition coefficient (Wildman–Crippen LogP) is 3.78. The zero-order chi connectivity index (χ0) is 16.7. The van der Waals surface area contributed by atoms with Crippen LogP contribution in [0.2, 0.25) is 0 Å². The third-order valence-electron chi connectivity index (χ3n) is 3.72. The lowest BCUT2D eigenvalue weighted by molar-refractivity contribution is -0.112. The van der Waals surface area contributed by atoms with Crippen LogP contribution in [-0.2, 0) is 4.79 Å². The van der Waals surface area contributed by atoms with Gasteiger partial charge in [-0.2, -0.15) is 5.26 Å². The third-order valence-corrected chi connectivity index (χ3v) is 6.38. The van der Waals surface area contributed by atoms with Crippen LogP contribution in [0.5, 0.6) is 0 Å². The van der Waals surface area contributed by atoms with E-state index in [0.717, 1.165) is 41.3 Å². The first kappa shape index (κ1) is 18.5. The Bertz CT molecular complexity index is 600. The fourth-order valence-corrected chi connectivity index (χ4v) is 4.95. The Morgan fingerprint density at radius 1 is 1.52 bits per heavy atom. The van der Waals surface area contributed by atoms with Gasteiger partial charge in [0, 0.05) is 5.75 Å². The number of carbonyl (C=O) groups is 1. The van der Waals surface area contributed by atoms with Crippen molar-refractivity contribution in [2.24, 2.45) is 0 Å². The number of rotatable bonds is 7.